The van der Waals surface area contributed by atoms with Gasteiger partial charge in [0, 0.05) is 25.0 Å². The Labute approximate surface area is 167 Å². The molecular formula is C20H26ClNO6. The quantitative estimate of drug-likeness (QED) is 0.569. The smallest absolute Gasteiger partial charge is 0.309 e. The van der Waals surface area contributed by atoms with Crippen molar-refractivity contribution in [3.63, 3.8) is 0 Å². The summed E-state index contributed by atoms with van der Waals surface area (Å²) >= 11 is 0. The van der Waals surface area contributed by atoms with E-state index in [1.54, 1.807) is 0 Å². The fourth-order valence-corrected chi connectivity index (χ4v) is 2.96. The van der Waals surface area contributed by atoms with Crippen LogP contribution in [0.2, 0.25) is 0 Å². The van der Waals surface area contributed by atoms with Crippen LogP contribution in [0.1, 0.15) is 44.5 Å². The van der Waals surface area contributed by atoms with E-state index in [0.717, 1.165) is 25.7 Å². The second-order valence-corrected chi connectivity index (χ2v) is 7.02. The number of rotatable bonds is 8. The van der Waals surface area contributed by atoms with Gasteiger partial charge >= 0.3 is 5.97 Å². The molecule has 0 amide bonds. The molecule has 0 saturated heterocycles. The Morgan fingerprint density at radius 2 is 1.39 bits per heavy atom. The van der Waals surface area contributed by atoms with Crippen LogP contribution in [0.3, 0.4) is 0 Å². The molecule has 0 aliphatic heterocycles. The predicted molar refractivity (Wildman–Crippen MR) is 92.3 cm³/mol. The van der Waals surface area contributed by atoms with Crippen LogP contribution >= 0.6 is 0 Å². The minimum atomic E-state index is -4.94. The number of halogens is 1. The van der Waals surface area contributed by atoms with E-state index in [-0.39, 0.29) is 6.42 Å². The van der Waals surface area contributed by atoms with E-state index in [2.05, 4.69) is 54.8 Å². The van der Waals surface area contributed by atoms with Crippen molar-refractivity contribution in [2.75, 3.05) is 0 Å². The third kappa shape index (κ3) is 9.25. The maximum atomic E-state index is 11.0. The molecule has 28 heavy (non-hydrogen) atoms. The van der Waals surface area contributed by atoms with Crippen molar-refractivity contribution in [2.45, 2.75) is 52.5 Å². The minimum absolute atomic E-state index is 0.169. The van der Waals surface area contributed by atoms with Gasteiger partial charge in [-0.2, -0.15) is 4.57 Å². The summed E-state index contributed by atoms with van der Waals surface area (Å²) in [6.45, 7) is 4.88. The van der Waals surface area contributed by atoms with Gasteiger partial charge in [-0.15, -0.1) is 10.2 Å². The van der Waals surface area contributed by atoms with Crippen LogP contribution in [0.5, 0.6) is 0 Å². The number of carboxylic acids is 1. The second-order valence-electron chi connectivity index (χ2n) is 6.27. The Morgan fingerprint density at radius 3 is 1.79 bits per heavy atom. The highest BCUT2D eigenvalue weighted by molar-refractivity contribution is 5.66. The molecule has 1 N–H and O–H groups in total. The SMILES string of the molecule is CCCc1cc(-c2ccccc2)cc(CCC)[n+]1CCC(=O)O.[O-][Cl+3]([O-])([O-])[O-]. The van der Waals surface area contributed by atoms with E-state index in [4.69, 9.17) is 23.7 Å². The molecule has 8 heteroatoms. The van der Waals surface area contributed by atoms with Crippen LogP contribution in [0.25, 0.3) is 11.1 Å². The van der Waals surface area contributed by atoms with Crippen LogP contribution < -0.4 is 23.2 Å². The third-order valence-electron chi connectivity index (χ3n) is 4.01. The van der Waals surface area contributed by atoms with Crippen molar-refractivity contribution in [3.05, 3.63) is 53.9 Å². The molecule has 1 heterocycles. The molecule has 0 bridgehead atoms. The summed E-state index contributed by atoms with van der Waals surface area (Å²) in [4.78, 5) is 11.0. The van der Waals surface area contributed by atoms with Gasteiger partial charge in [0.15, 0.2) is 17.9 Å². The van der Waals surface area contributed by atoms with E-state index in [1.807, 2.05) is 6.07 Å². The normalized spacial score (nSPS) is 10.9. The van der Waals surface area contributed by atoms with Crippen LogP contribution in [0.15, 0.2) is 42.5 Å². The monoisotopic (exact) mass is 411 g/mol. The first-order chi connectivity index (χ1) is 13.2. The molecule has 0 fully saturated rings. The maximum absolute atomic E-state index is 11.0. The highest BCUT2D eigenvalue weighted by Gasteiger charge is 2.19. The Bertz CT molecular complexity index is 713. The van der Waals surface area contributed by atoms with Gasteiger partial charge in [0.05, 0.1) is 0 Å². The lowest BCUT2D eigenvalue weighted by Crippen LogP contribution is -2.68. The highest BCUT2D eigenvalue weighted by Crippen LogP contribution is 2.21. The summed E-state index contributed by atoms with van der Waals surface area (Å²) in [7, 11) is -4.94. The zero-order valence-electron chi connectivity index (χ0n) is 16.1. The topological polar surface area (TPSA) is 133 Å². The minimum Gasteiger partial charge on any atom is -0.481 e. The van der Waals surface area contributed by atoms with Gasteiger partial charge in [-0.05, 0) is 24.0 Å². The number of carbonyl (C=O) groups is 1. The van der Waals surface area contributed by atoms with Gasteiger partial charge in [-0.1, -0.05) is 44.2 Å². The Hall–Kier alpha value is -2.03. The molecule has 0 spiro atoms. The van der Waals surface area contributed by atoms with Crippen molar-refractivity contribution < 1.29 is 43.3 Å². The molecule has 2 aromatic rings. The number of carboxylic acid groups (broad SMARTS) is 1. The van der Waals surface area contributed by atoms with Gasteiger partial charge in [0.2, 0.25) is 0 Å². The highest BCUT2D eigenvalue weighted by atomic mass is 35.7. The summed E-state index contributed by atoms with van der Waals surface area (Å²) in [5, 5.41) is 9.04. The summed E-state index contributed by atoms with van der Waals surface area (Å²) in [5.74, 6) is -0.741. The average molecular weight is 412 g/mol. The van der Waals surface area contributed by atoms with Crippen molar-refractivity contribution in [1.82, 2.24) is 0 Å². The van der Waals surface area contributed by atoms with Gasteiger partial charge in [0.1, 0.15) is 6.42 Å². The van der Waals surface area contributed by atoms with Crippen molar-refractivity contribution >= 4 is 5.97 Å². The number of benzene rings is 1. The number of hydrogen-bond acceptors (Lipinski definition) is 5. The first kappa shape index (κ1) is 24.0. The van der Waals surface area contributed by atoms with Crippen LogP contribution in [-0.2, 0) is 24.2 Å². The number of aromatic nitrogens is 1. The molecular weight excluding hydrogens is 386 g/mol. The molecule has 1 aromatic heterocycles. The maximum Gasteiger partial charge on any atom is 0.309 e. The Kier molecular flexibility index (Phi) is 10.1. The zero-order valence-corrected chi connectivity index (χ0v) is 16.9. The van der Waals surface area contributed by atoms with E-state index >= 15 is 0 Å². The molecule has 1 aromatic carbocycles. The first-order valence-electron chi connectivity index (χ1n) is 9.10. The molecule has 0 saturated carbocycles. The molecule has 2 rings (SSSR count). The number of aliphatic carboxylic acids is 1. The van der Waals surface area contributed by atoms with E-state index in [9.17, 15) is 4.79 Å². The summed E-state index contributed by atoms with van der Waals surface area (Å²) in [6.07, 6.45) is 4.21. The average Bonchev–Trinajstić information content (AvgIpc) is 2.60. The predicted octanol–water partition coefficient (Wildman–Crippen LogP) is -0.735. The summed E-state index contributed by atoms with van der Waals surface area (Å²) < 4.78 is 36.2. The third-order valence-corrected chi connectivity index (χ3v) is 4.01. The fraction of sp³-hybridized carbons (Fsp3) is 0.400. The molecule has 0 radical (unpaired) electrons. The van der Waals surface area contributed by atoms with Gasteiger partial charge in [-0.25, -0.2) is 18.6 Å². The Balaban J connectivity index is 0.000000696. The van der Waals surface area contributed by atoms with Crippen LogP contribution in [-0.4, -0.2) is 11.1 Å². The van der Waals surface area contributed by atoms with Crippen LogP contribution in [0, 0.1) is 10.2 Å². The van der Waals surface area contributed by atoms with E-state index in [1.165, 1.54) is 22.5 Å². The summed E-state index contributed by atoms with van der Waals surface area (Å²) in [5.41, 5.74) is 4.91. The standard InChI is InChI=1S/C20H25NO2.ClHO4/c1-3-8-18-14-17(16-10-6-5-7-11-16)15-19(9-4-2)21(18)13-12-20(22)23;2-1(3,4)5/h5-7,10-11,14-15H,3-4,8-9,12-13H2,1-2H3;(H,2,3,4,5). The van der Waals surface area contributed by atoms with Crippen molar-refractivity contribution in [1.29, 1.82) is 0 Å². The largest absolute Gasteiger partial charge is 0.481 e. The molecule has 0 aliphatic rings. The Morgan fingerprint density at radius 1 is 0.929 bits per heavy atom. The molecule has 0 atom stereocenters. The van der Waals surface area contributed by atoms with Gasteiger partial charge < -0.3 is 5.11 Å². The van der Waals surface area contributed by atoms with Crippen molar-refractivity contribution in [2.24, 2.45) is 0 Å². The molecule has 0 aliphatic carbocycles. The first-order valence-corrected chi connectivity index (χ1v) is 10.3. The fourth-order valence-electron chi connectivity index (χ4n) is 2.96. The lowest BCUT2D eigenvalue weighted by Gasteiger charge is -2.17. The van der Waals surface area contributed by atoms with E-state index < -0.39 is 16.2 Å². The van der Waals surface area contributed by atoms with Crippen LogP contribution in [0.4, 0.5) is 0 Å². The number of nitrogens with zero attached hydrogens (tertiary/aromatic N) is 1. The second kappa shape index (κ2) is 11.7. The van der Waals surface area contributed by atoms with E-state index in [0.29, 0.717) is 6.54 Å². The van der Waals surface area contributed by atoms with Gasteiger partial charge in [-0.3, -0.25) is 4.79 Å². The molecule has 0 unspecified atom stereocenters. The van der Waals surface area contributed by atoms with Crippen molar-refractivity contribution in [3.8, 4) is 11.1 Å². The van der Waals surface area contributed by atoms with Gasteiger partial charge in [0.25, 0.3) is 0 Å². The lowest BCUT2D eigenvalue weighted by atomic mass is 10.0. The zero-order chi connectivity index (χ0) is 21.2. The molecule has 154 valence electrons. The number of pyridine rings is 1. The summed E-state index contributed by atoms with van der Waals surface area (Å²) in [6, 6.07) is 14.8. The number of hydrogen-bond donors (Lipinski definition) is 1. The lowest BCUT2D eigenvalue weighted by molar-refractivity contribution is -2.00. The molecule has 7 nitrogen and oxygen atoms in total. The number of aryl methyl sites for hydroxylation is 2.